The zero-order chi connectivity index (χ0) is 14.3. The van der Waals surface area contributed by atoms with Gasteiger partial charge in [0.1, 0.15) is 5.50 Å². The van der Waals surface area contributed by atoms with Crippen LogP contribution < -0.4 is 16.0 Å². The molecule has 4 heterocycles. The summed E-state index contributed by atoms with van der Waals surface area (Å²) in [5.74, 6) is 2.39. The van der Waals surface area contributed by atoms with Crippen molar-refractivity contribution in [3.63, 3.8) is 0 Å². The van der Waals surface area contributed by atoms with Gasteiger partial charge in [-0.1, -0.05) is 6.07 Å². The smallest absolute Gasteiger partial charge is 0.225 e. The fraction of sp³-hybridized carbons (Fsp3) is 0.429. The summed E-state index contributed by atoms with van der Waals surface area (Å²) in [4.78, 5) is 12.4. The van der Waals surface area contributed by atoms with Crippen molar-refractivity contribution < 1.29 is 0 Å². The topological polar surface area (TPSA) is 67.1 Å². The molecule has 0 spiro atoms. The van der Waals surface area contributed by atoms with Crippen LogP contribution in [-0.4, -0.2) is 34.3 Å². The van der Waals surface area contributed by atoms with E-state index in [0.717, 1.165) is 24.8 Å². The summed E-state index contributed by atoms with van der Waals surface area (Å²) in [6.07, 6.45) is 3.60. The monoisotopic (exact) mass is 391 g/mol. The van der Waals surface area contributed by atoms with E-state index in [9.17, 15) is 0 Å². The first-order valence-corrected chi connectivity index (χ1v) is 8.92. The van der Waals surface area contributed by atoms with Gasteiger partial charge in [-0.2, -0.15) is 0 Å². The highest BCUT2D eigenvalue weighted by atomic mass is 35.5. The summed E-state index contributed by atoms with van der Waals surface area (Å²) in [5, 5.41) is 5.78. The number of nitrogens with two attached hydrogens (primary N) is 1. The van der Waals surface area contributed by atoms with E-state index in [1.807, 2.05) is 6.07 Å². The minimum atomic E-state index is -0.0714. The number of thioether (sulfide) groups is 1. The molecule has 0 saturated carbocycles. The van der Waals surface area contributed by atoms with Gasteiger partial charge in [0, 0.05) is 42.0 Å². The maximum absolute atomic E-state index is 6.17. The predicted octanol–water partition coefficient (Wildman–Crippen LogP) is 2.29. The molecule has 5 nitrogen and oxygen atoms in total. The van der Waals surface area contributed by atoms with E-state index in [4.69, 9.17) is 5.73 Å². The number of nitrogens with zero attached hydrogens (tertiary/aromatic N) is 3. The van der Waals surface area contributed by atoms with Crippen molar-refractivity contribution in [2.45, 2.75) is 11.0 Å². The molecule has 126 valence electrons. The van der Waals surface area contributed by atoms with Gasteiger partial charge in [-0.05, 0) is 17.5 Å². The molecule has 0 radical (unpaired) electrons. The van der Waals surface area contributed by atoms with Crippen molar-refractivity contribution in [1.82, 2.24) is 15.3 Å². The molecule has 2 aliphatic heterocycles. The quantitative estimate of drug-likeness (QED) is 0.818. The van der Waals surface area contributed by atoms with Gasteiger partial charge in [0.2, 0.25) is 5.95 Å². The summed E-state index contributed by atoms with van der Waals surface area (Å²) >= 11 is 3.59. The van der Waals surface area contributed by atoms with Crippen LogP contribution in [0.4, 0.5) is 5.95 Å². The number of fused-ring (bicyclic) bond motifs is 1. The number of hydrogen-bond acceptors (Lipinski definition) is 7. The molecule has 0 amide bonds. The Morgan fingerprint density at radius 2 is 2.04 bits per heavy atom. The van der Waals surface area contributed by atoms with Gasteiger partial charge in [-0.3, -0.25) is 5.32 Å². The lowest BCUT2D eigenvalue weighted by Gasteiger charge is -2.41. The lowest BCUT2D eigenvalue weighted by molar-refractivity contribution is 0.280. The van der Waals surface area contributed by atoms with E-state index in [1.54, 1.807) is 35.5 Å². The molecule has 3 N–H and O–H groups in total. The average molecular weight is 392 g/mol. The second-order valence-electron chi connectivity index (χ2n) is 5.47. The molecular formula is C14H19Cl2N5S2. The first-order valence-electron chi connectivity index (χ1n) is 6.99. The molecular weight excluding hydrogens is 373 g/mol. The molecule has 1 unspecified atom stereocenters. The highest BCUT2D eigenvalue weighted by molar-refractivity contribution is 7.99. The minimum absolute atomic E-state index is 0. The Balaban J connectivity index is 0.000000960. The van der Waals surface area contributed by atoms with Crippen LogP contribution in [0.25, 0.3) is 0 Å². The van der Waals surface area contributed by atoms with Crippen LogP contribution in [0.15, 0.2) is 36.0 Å². The Labute approximate surface area is 156 Å². The first kappa shape index (κ1) is 18.8. The molecule has 0 aliphatic carbocycles. The summed E-state index contributed by atoms with van der Waals surface area (Å²) in [7, 11) is 0. The average Bonchev–Trinajstić information content (AvgIpc) is 3.15. The molecule has 3 atom stereocenters. The third-order valence-corrected chi connectivity index (χ3v) is 6.37. The predicted molar refractivity (Wildman–Crippen MR) is 102 cm³/mol. The molecule has 0 aromatic carbocycles. The van der Waals surface area contributed by atoms with Crippen LogP contribution in [0, 0.1) is 5.92 Å². The molecule has 2 fully saturated rings. The summed E-state index contributed by atoms with van der Waals surface area (Å²) < 4.78 is 0. The molecule has 2 saturated heterocycles. The number of nitrogens with one attached hydrogen (secondary N) is 1. The van der Waals surface area contributed by atoms with Crippen molar-refractivity contribution in [1.29, 1.82) is 0 Å². The van der Waals surface area contributed by atoms with Gasteiger partial charge < -0.3 is 10.6 Å². The van der Waals surface area contributed by atoms with E-state index in [-0.39, 0.29) is 35.9 Å². The van der Waals surface area contributed by atoms with Crippen molar-refractivity contribution >= 4 is 53.9 Å². The maximum Gasteiger partial charge on any atom is 0.225 e. The first-order chi connectivity index (χ1) is 10.3. The molecule has 2 aromatic heterocycles. The molecule has 4 rings (SSSR count). The van der Waals surface area contributed by atoms with E-state index in [1.165, 1.54) is 4.88 Å². The molecule has 23 heavy (non-hydrogen) atoms. The Morgan fingerprint density at radius 1 is 1.26 bits per heavy atom. The van der Waals surface area contributed by atoms with Gasteiger partial charge in [0.05, 0.1) is 5.54 Å². The summed E-state index contributed by atoms with van der Waals surface area (Å²) in [6, 6.07) is 6.18. The van der Waals surface area contributed by atoms with E-state index in [2.05, 4.69) is 37.7 Å². The Bertz CT molecular complexity index is 615. The SMILES string of the molecule is Cl.Cl.NC1N[C@@]2(c3cccs3)CN(c3ncccn3)C[C@H]2CS1. The summed E-state index contributed by atoms with van der Waals surface area (Å²) in [5.41, 5.74) is 6.09. The van der Waals surface area contributed by atoms with Gasteiger partial charge in [-0.25, -0.2) is 9.97 Å². The van der Waals surface area contributed by atoms with E-state index >= 15 is 0 Å². The Hall–Kier alpha value is -0.570. The number of aromatic nitrogens is 2. The second-order valence-corrected chi connectivity index (χ2v) is 7.60. The van der Waals surface area contributed by atoms with Crippen LogP contribution in [0.5, 0.6) is 0 Å². The lowest BCUT2D eigenvalue weighted by Crippen LogP contribution is -2.58. The molecule has 2 aromatic rings. The lowest BCUT2D eigenvalue weighted by atomic mass is 9.86. The highest BCUT2D eigenvalue weighted by Crippen LogP contribution is 2.44. The van der Waals surface area contributed by atoms with Gasteiger partial charge in [-0.15, -0.1) is 47.9 Å². The van der Waals surface area contributed by atoms with E-state index in [0.29, 0.717) is 5.92 Å². The largest absolute Gasteiger partial charge is 0.338 e. The van der Waals surface area contributed by atoms with Crippen LogP contribution in [0.3, 0.4) is 0 Å². The normalized spacial score (nSPS) is 29.3. The van der Waals surface area contributed by atoms with Crippen LogP contribution in [0.2, 0.25) is 0 Å². The number of rotatable bonds is 2. The van der Waals surface area contributed by atoms with Crippen LogP contribution in [-0.2, 0) is 5.54 Å². The third-order valence-electron chi connectivity index (χ3n) is 4.25. The van der Waals surface area contributed by atoms with Crippen molar-refractivity contribution in [2.24, 2.45) is 11.7 Å². The van der Waals surface area contributed by atoms with Gasteiger partial charge in [0.25, 0.3) is 0 Å². The van der Waals surface area contributed by atoms with E-state index < -0.39 is 0 Å². The number of hydrogen-bond donors (Lipinski definition) is 2. The van der Waals surface area contributed by atoms with Crippen LogP contribution >= 0.6 is 47.9 Å². The fourth-order valence-corrected chi connectivity index (χ4v) is 5.36. The van der Waals surface area contributed by atoms with Crippen molar-refractivity contribution in [3.8, 4) is 0 Å². The van der Waals surface area contributed by atoms with Gasteiger partial charge >= 0.3 is 0 Å². The molecule has 9 heteroatoms. The molecule has 0 bridgehead atoms. The summed E-state index contributed by atoms with van der Waals surface area (Å²) in [6.45, 7) is 1.84. The highest BCUT2D eigenvalue weighted by Gasteiger charge is 2.52. The zero-order valence-electron chi connectivity index (χ0n) is 12.3. The number of anilines is 1. The number of thiophene rings is 1. The number of halogens is 2. The van der Waals surface area contributed by atoms with Crippen LogP contribution in [0.1, 0.15) is 4.88 Å². The maximum atomic E-state index is 6.17. The minimum Gasteiger partial charge on any atom is -0.338 e. The Kier molecular flexibility index (Phi) is 6.16. The van der Waals surface area contributed by atoms with Crippen molar-refractivity contribution in [2.75, 3.05) is 23.7 Å². The fourth-order valence-electron chi connectivity index (χ4n) is 3.28. The second kappa shape index (κ2) is 7.55. The zero-order valence-corrected chi connectivity index (χ0v) is 15.6. The van der Waals surface area contributed by atoms with Gasteiger partial charge in [0.15, 0.2) is 0 Å². The Morgan fingerprint density at radius 3 is 2.74 bits per heavy atom. The van der Waals surface area contributed by atoms with Crippen molar-refractivity contribution in [3.05, 3.63) is 40.8 Å². The molecule has 2 aliphatic rings. The third kappa shape index (κ3) is 3.31. The standard InChI is InChI=1S/C14H17N5S2.2ClH/c15-12-18-14(11-3-1-6-20-11)9-19(7-10(14)8-21-12)13-16-4-2-5-17-13;;/h1-6,10,12,18H,7-9,15H2;2*1H/t10-,12?,14-;;/m0../s1.